The largest absolute Gasteiger partial charge is 0.575 e. The van der Waals surface area contributed by atoms with Crippen LogP contribution in [0.15, 0.2) is 6.07 Å². The van der Waals surface area contributed by atoms with Crippen LogP contribution < -0.4 is 4.74 Å². The fourth-order valence-electron chi connectivity index (χ4n) is 1.33. The molecule has 0 fully saturated rings. The van der Waals surface area contributed by atoms with Crippen LogP contribution in [-0.2, 0) is 16.0 Å². The third-order valence-corrected chi connectivity index (χ3v) is 2.07. The van der Waals surface area contributed by atoms with Gasteiger partial charge in [-0.25, -0.2) is 0 Å². The molecule has 0 saturated heterocycles. The third-order valence-electron chi connectivity index (χ3n) is 2.07. The Kier molecular flexibility index (Phi) is 4.89. The van der Waals surface area contributed by atoms with Crippen molar-refractivity contribution in [3.8, 4) is 11.6 Å². The summed E-state index contributed by atoms with van der Waals surface area (Å²) in [7, 11) is 0. The predicted molar refractivity (Wildman–Crippen MR) is 59.6 cm³/mol. The highest BCUT2D eigenvalue weighted by Gasteiger charge is 2.37. The van der Waals surface area contributed by atoms with Crippen LogP contribution in [-0.4, -0.2) is 34.0 Å². The maximum Gasteiger partial charge on any atom is 0.575 e. The van der Waals surface area contributed by atoms with E-state index in [1.54, 1.807) is 0 Å². The lowest BCUT2D eigenvalue weighted by Crippen LogP contribution is -2.19. The van der Waals surface area contributed by atoms with Gasteiger partial charge in [0, 0.05) is 16.6 Å². The summed E-state index contributed by atoms with van der Waals surface area (Å²) in [5, 5.41) is 20.2. The molecule has 116 valence electrons. The van der Waals surface area contributed by atoms with E-state index in [9.17, 15) is 33.2 Å². The van der Waals surface area contributed by atoms with E-state index >= 15 is 0 Å². The van der Waals surface area contributed by atoms with E-state index in [0.717, 1.165) is 0 Å². The minimum atomic E-state index is -5.21. The van der Waals surface area contributed by atoms with Crippen molar-refractivity contribution >= 4 is 11.8 Å². The number of alkyl halides is 3. The van der Waals surface area contributed by atoms with E-state index in [4.69, 9.17) is 0 Å². The smallest absolute Gasteiger partial charge is 0.501 e. The molecule has 0 saturated carbocycles. The van der Waals surface area contributed by atoms with Crippen LogP contribution in [0.5, 0.6) is 11.6 Å². The summed E-state index contributed by atoms with van der Waals surface area (Å²) in [6.45, 7) is 1.49. The highest BCUT2D eigenvalue weighted by molar-refractivity contribution is 5.74. The fraction of sp³-hybridized carbons (Fsp3) is 0.400. The number of ether oxygens (including phenoxy) is 2. The Bertz CT molecular complexity index is 560. The number of rotatable bonds is 5. The van der Waals surface area contributed by atoms with Gasteiger partial charge in [0.1, 0.15) is 0 Å². The lowest BCUT2D eigenvalue weighted by Gasteiger charge is -2.09. The highest BCUT2D eigenvalue weighted by Crippen LogP contribution is 2.35. The number of nitrogens with zero attached hydrogens (tertiary/aromatic N) is 2. The van der Waals surface area contributed by atoms with E-state index in [1.807, 2.05) is 0 Å². The van der Waals surface area contributed by atoms with Crippen LogP contribution in [0.2, 0.25) is 0 Å². The molecule has 1 aromatic rings. The molecule has 1 heterocycles. The number of carbonyl (C=O) groups excluding carboxylic acids is 1. The van der Waals surface area contributed by atoms with Crippen molar-refractivity contribution in [2.45, 2.75) is 19.7 Å². The van der Waals surface area contributed by atoms with Crippen molar-refractivity contribution < 1.29 is 37.5 Å². The van der Waals surface area contributed by atoms with Gasteiger partial charge in [0.15, 0.2) is 0 Å². The summed E-state index contributed by atoms with van der Waals surface area (Å²) in [6, 6.07) is 0.662. The molecule has 0 aliphatic heterocycles. The minimum absolute atomic E-state index is 0.00131. The van der Waals surface area contributed by atoms with Crippen LogP contribution in [0.4, 0.5) is 19.0 Å². The molecule has 8 nitrogen and oxygen atoms in total. The summed E-state index contributed by atoms with van der Waals surface area (Å²) in [4.78, 5) is 23.7. The Labute approximate surface area is 115 Å². The number of nitro groups is 1. The second-order valence-electron chi connectivity index (χ2n) is 3.58. The third kappa shape index (κ3) is 4.78. The Balaban J connectivity index is 3.22. The molecule has 0 unspecified atom stereocenters. The summed E-state index contributed by atoms with van der Waals surface area (Å²) >= 11 is 0. The molecule has 1 N–H and O–H groups in total. The van der Waals surface area contributed by atoms with Crippen LogP contribution in [0.25, 0.3) is 0 Å². The zero-order chi connectivity index (χ0) is 16.2. The molecule has 0 radical (unpaired) electrons. The van der Waals surface area contributed by atoms with Gasteiger partial charge in [0.05, 0.1) is 13.0 Å². The summed E-state index contributed by atoms with van der Waals surface area (Å²) < 4.78 is 44.3. The Hall–Kier alpha value is -2.59. The molecular weight excluding hydrogens is 301 g/mol. The first-order valence-electron chi connectivity index (χ1n) is 5.42. The van der Waals surface area contributed by atoms with Gasteiger partial charge in [-0.3, -0.25) is 4.79 Å². The molecule has 0 aliphatic carbocycles. The number of hydrogen-bond acceptors (Lipinski definition) is 7. The van der Waals surface area contributed by atoms with Gasteiger partial charge >= 0.3 is 24.0 Å². The van der Waals surface area contributed by atoms with Crippen molar-refractivity contribution in [2.75, 3.05) is 6.61 Å². The zero-order valence-electron chi connectivity index (χ0n) is 10.5. The molecule has 1 rings (SSSR count). The summed E-state index contributed by atoms with van der Waals surface area (Å²) in [5.74, 6) is -4.42. The molecule has 0 amide bonds. The molecule has 0 aromatic carbocycles. The molecule has 0 bridgehead atoms. The molecule has 1 aromatic heterocycles. The van der Waals surface area contributed by atoms with Gasteiger partial charge in [-0.1, -0.05) is 0 Å². The van der Waals surface area contributed by atoms with Crippen molar-refractivity contribution in [1.29, 1.82) is 0 Å². The second-order valence-corrected chi connectivity index (χ2v) is 3.58. The van der Waals surface area contributed by atoms with Crippen molar-refractivity contribution in [2.24, 2.45) is 0 Å². The van der Waals surface area contributed by atoms with Crippen LogP contribution in [0, 0.1) is 10.1 Å². The topological polar surface area (TPSA) is 112 Å². The van der Waals surface area contributed by atoms with Gasteiger partial charge in [0.25, 0.3) is 0 Å². The van der Waals surface area contributed by atoms with E-state index in [-0.39, 0.29) is 6.61 Å². The predicted octanol–water partition coefficient (Wildman–Crippen LogP) is 1.70. The van der Waals surface area contributed by atoms with Crippen LogP contribution >= 0.6 is 0 Å². The van der Waals surface area contributed by atoms with Crippen LogP contribution in [0.1, 0.15) is 12.5 Å². The maximum absolute atomic E-state index is 12.1. The number of aromatic hydroxyl groups is 1. The molecule has 0 spiro atoms. The minimum Gasteiger partial charge on any atom is -0.501 e. The number of halogens is 3. The van der Waals surface area contributed by atoms with Gasteiger partial charge in [0.2, 0.25) is 5.75 Å². The van der Waals surface area contributed by atoms with Crippen molar-refractivity contribution in [3.63, 3.8) is 0 Å². The molecule has 0 atom stereocenters. The van der Waals surface area contributed by atoms with Gasteiger partial charge in [-0.15, -0.1) is 13.2 Å². The number of pyridine rings is 1. The normalized spacial score (nSPS) is 11.0. The number of hydrogen-bond donors (Lipinski definition) is 1. The quantitative estimate of drug-likeness (QED) is 0.500. The fourth-order valence-corrected chi connectivity index (χ4v) is 1.33. The van der Waals surface area contributed by atoms with Crippen LogP contribution in [0.3, 0.4) is 0 Å². The Morgan fingerprint density at radius 3 is 2.62 bits per heavy atom. The van der Waals surface area contributed by atoms with E-state index in [1.165, 1.54) is 6.92 Å². The first-order valence-corrected chi connectivity index (χ1v) is 5.42. The zero-order valence-corrected chi connectivity index (χ0v) is 10.5. The standard InChI is InChI=1S/C10H9F3N2O6/c1-2-20-7(16)4-5-3-6(15(18)19)14-9(8(5)17)21-10(11,12)13/h3,17H,2,4H2,1H3. The molecular formula is C10H9F3N2O6. The van der Waals surface area contributed by atoms with Crippen molar-refractivity contribution in [3.05, 3.63) is 21.7 Å². The number of esters is 1. The average Bonchev–Trinajstić information content (AvgIpc) is 2.32. The van der Waals surface area contributed by atoms with Gasteiger partial charge in [-0.2, -0.15) is 0 Å². The lowest BCUT2D eigenvalue weighted by atomic mass is 10.1. The van der Waals surface area contributed by atoms with Crippen molar-refractivity contribution in [1.82, 2.24) is 4.98 Å². The SMILES string of the molecule is CCOC(=O)Cc1cc([N+](=O)[O-])nc(OC(F)(F)F)c1O. The average molecular weight is 310 g/mol. The molecule has 11 heteroatoms. The summed E-state index contributed by atoms with van der Waals surface area (Å²) in [5.41, 5.74) is -0.464. The lowest BCUT2D eigenvalue weighted by molar-refractivity contribution is -0.390. The van der Waals surface area contributed by atoms with Gasteiger partial charge < -0.3 is 24.7 Å². The maximum atomic E-state index is 12.1. The van der Waals surface area contributed by atoms with E-state index < -0.39 is 46.7 Å². The number of carbonyl (C=O) groups is 1. The molecule has 21 heavy (non-hydrogen) atoms. The van der Waals surface area contributed by atoms with E-state index in [2.05, 4.69) is 14.5 Å². The molecule has 0 aliphatic rings. The number of aromatic nitrogens is 1. The Morgan fingerprint density at radius 1 is 1.52 bits per heavy atom. The first-order chi connectivity index (χ1) is 9.64. The Morgan fingerprint density at radius 2 is 2.14 bits per heavy atom. The summed E-state index contributed by atoms with van der Waals surface area (Å²) in [6.07, 6.45) is -5.88. The second kappa shape index (κ2) is 6.24. The van der Waals surface area contributed by atoms with Gasteiger partial charge in [-0.05, 0) is 11.8 Å². The highest BCUT2D eigenvalue weighted by atomic mass is 19.4. The first kappa shape index (κ1) is 16.5. The monoisotopic (exact) mass is 310 g/mol. The van der Waals surface area contributed by atoms with E-state index in [0.29, 0.717) is 6.07 Å².